The third-order valence-corrected chi connectivity index (χ3v) is 4.17. The Kier molecular flexibility index (Phi) is 9.60. The van der Waals surface area contributed by atoms with Crippen molar-refractivity contribution in [2.45, 2.75) is 58.4 Å². The summed E-state index contributed by atoms with van der Waals surface area (Å²) >= 11 is 1.58. The first-order chi connectivity index (χ1) is 10.3. The molecular weight excluding hydrogens is 282 g/mol. The molecule has 0 bridgehead atoms. The van der Waals surface area contributed by atoms with Gasteiger partial charge in [0.2, 0.25) is 5.91 Å². The largest absolute Gasteiger partial charge is 0.384 e. The van der Waals surface area contributed by atoms with Crippen molar-refractivity contribution in [2.24, 2.45) is 0 Å². The summed E-state index contributed by atoms with van der Waals surface area (Å²) in [5.41, 5.74) is 0.897. The van der Waals surface area contributed by atoms with Crippen molar-refractivity contribution in [1.82, 2.24) is 5.32 Å². The quantitative estimate of drug-likeness (QED) is 0.542. The Morgan fingerprint density at radius 1 is 1.29 bits per heavy atom. The normalized spacial score (nSPS) is 10.0. The molecule has 1 amide bonds. The molecule has 0 unspecified atom stereocenters. The van der Waals surface area contributed by atoms with Crippen molar-refractivity contribution in [3.8, 4) is 11.8 Å². The molecule has 0 radical (unpaired) electrons. The van der Waals surface area contributed by atoms with Gasteiger partial charge < -0.3 is 10.4 Å². The predicted octanol–water partition coefficient (Wildman–Crippen LogP) is 3.46. The number of aliphatic hydroxyl groups excluding tert-OH is 1. The number of amides is 1. The average Bonchev–Trinajstić information content (AvgIpc) is 2.94. The van der Waals surface area contributed by atoms with Gasteiger partial charge in [0, 0.05) is 16.9 Å². The summed E-state index contributed by atoms with van der Waals surface area (Å²) in [5, 5.41) is 13.6. The van der Waals surface area contributed by atoms with Crippen LogP contribution >= 0.6 is 11.3 Å². The van der Waals surface area contributed by atoms with Crippen LogP contribution < -0.4 is 5.32 Å². The van der Waals surface area contributed by atoms with Crippen LogP contribution in [0.15, 0.2) is 11.4 Å². The Bertz CT molecular complexity index is 471. The third-order valence-electron chi connectivity index (χ3n) is 3.25. The second-order valence-corrected chi connectivity index (χ2v) is 6.01. The van der Waals surface area contributed by atoms with E-state index in [1.165, 1.54) is 25.7 Å². The van der Waals surface area contributed by atoms with E-state index in [4.69, 9.17) is 5.11 Å². The summed E-state index contributed by atoms with van der Waals surface area (Å²) < 4.78 is 0. The number of unbranched alkanes of at least 4 members (excludes halogenated alkanes) is 5. The highest BCUT2D eigenvalue weighted by molar-refractivity contribution is 7.10. The Morgan fingerprint density at radius 2 is 2.05 bits per heavy atom. The number of hydrogen-bond donors (Lipinski definition) is 2. The molecule has 1 aromatic heterocycles. The molecule has 0 fully saturated rings. The van der Waals surface area contributed by atoms with Crippen LogP contribution in [0.4, 0.5) is 0 Å². The number of nitrogens with one attached hydrogen (secondary N) is 1. The van der Waals surface area contributed by atoms with Crippen molar-refractivity contribution >= 4 is 17.2 Å². The first kappa shape index (κ1) is 17.7. The molecule has 1 rings (SSSR count). The minimum atomic E-state index is -0.139. The molecule has 0 saturated carbocycles. The molecule has 116 valence electrons. The van der Waals surface area contributed by atoms with Crippen molar-refractivity contribution in [3.63, 3.8) is 0 Å². The van der Waals surface area contributed by atoms with Gasteiger partial charge in [-0.1, -0.05) is 50.9 Å². The third kappa shape index (κ3) is 7.89. The van der Waals surface area contributed by atoms with Gasteiger partial charge in [-0.3, -0.25) is 4.79 Å². The van der Waals surface area contributed by atoms with Crippen LogP contribution in [-0.4, -0.2) is 17.6 Å². The van der Waals surface area contributed by atoms with Crippen molar-refractivity contribution in [2.75, 3.05) is 6.61 Å². The zero-order valence-electron chi connectivity index (χ0n) is 12.8. The van der Waals surface area contributed by atoms with Gasteiger partial charge in [0.05, 0.1) is 6.54 Å². The molecular formula is C17H25NO2S. The van der Waals surface area contributed by atoms with Crippen LogP contribution in [0.3, 0.4) is 0 Å². The van der Waals surface area contributed by atoms with Crippen LogP contribution in [0.2, 0.25) is 0 Å². The summed E-state index contributed by atoms with van der Waals surface area (Å²) in [6.45, 7) is 2.60. The van der Waals surface area contributed by atoms with Gasteiger partial charge in [-0.05, 0) is 17.9 Å². The molecule has 0 atom stereocenters. The summed E-state index contributed by atoms with van der Waals surface area (Å²) in [7, 11) is 0. The van der Waals surface area contributed by atoms with Gasteiger partial charge in [-0.15, -0.1) is 11.3 Å². The Balaban J connectivity index is 2.20. The highest BCUT2D eigenvalue weighted by Crippen LogP contribution is 2.15. The second-order valence-electron chi connectivity index (χ2n) is 5.01. The van der Waals surface area contributed by atoms with Crippen LogP contribution in [0.25, 0.3) is 0 Å². The minimum absolute atomic E-state index is 0.111. The Hall–Kier alpha value is -1.31. The van der Waals surface area contributed by atoms with Gasteiger partial charge in [0.25, 0.3) is 0 Å². The monoisotopic (exact) mass is 307 g/mol. The minimum Gasteiger partial charge on any atom is -0.384 e. The lowest BCUT2D eigenvalue weighted by Gasteiger charge is -2.04. The predicted molar refractivity (Wildman–Crippen MR) is 88.1 cm³/mol. The molecule has 0 spiro atoms. The Labute approximate surface area is 131 Å². The van der Waals surface area contributed by atoms with Gasteiger partial charge >= 0.3 is 0 Å². The molecule has 4 heteroatoms. The number of hydrogen-bond acceptors (Lipinski definition) is 3. The van der Waals surface area contributed by atoms with E-state index in [1.807, 2.05) is 11.4 Å². The molecule has 0 aliphatic carbocycles. The fourth-order valence-corrected chi connectivity index (χ4v) is 2.83. The number of rotatable bonds is 9. The van der Waals surface area contributed by atoms with Crippen molar-refractivity contribution in [3.05, 3.63) is 21.9 Å². The van der Waals surface area contributed by atoms with Crippen molar-refractivity contribution < 1.29 is 9.90 Å². The maximum atomic E-state index is 11.8. The van der Waals surface area contributed by atoms with E-state index < -0.39 is 0 Å². The van der Waals surface area contributed by atoms with E-state index in [9.17, 15) is 4.79 Å². The lowest BCUT2D eigenvalue weighted by atomic mass is 10.1. The maximum absolute atomic E-state index is 11.8. The topological polar surface area (TPSA) is 49.3 Å². The van der Waals surface area contributed by atoms with Crippen LogP contribution in [-0.2, 0) is 11.3 Å². The maximum Gasteiger partial charge on any atom is 0.220 e. The van der Waals surface area contributed by atoms with Crippen LogP contribution in [0.1, 0.15) is 62.3 Å². The standard InChI is InChI=1S/C17H25NO2S/c1-2-3-4-5-6-7-10-17(20)18-14-16-15(9-8-12-19)11-13-21-16/h11,13,19H,2-7,10,12,14H2,1H3,(H,18,20). The summed E-state index contributed by atoms with van der Waals surface area (Å²) in [4.78, 5) is 12.8. The first-order valence-corrected chi connectivity index (χ1v) is 8.58. The van der Waals surface area contributed by atoms with Gasteiger partial charge in [-0.2, -0.15) is 0 Å². The average molecular weight is 307 g/mol. The van der Waals surface area contributed by atoms with Crippen LogP contribution in [0.5, 0.6) is 0 Å². The fourth-order valence-electron chi connectivity index (χ4n) is 2.06. The zero-order chi connectivity index (χ0) is 15.3. The van der Waals surface area contributed by atoms with Gasteiger partial charge in [-0.25, -0.2) is 0 Å². The van der Waals surface area contributed by atoms with Crippen molar-refractivity contribution in [1.29, 1.82) is 0 Å². The second kappa shape index (κ2) is 11.4. The van der Waals surface area contributed by atoms with Gasteiger partial charge in [0.1, 0.15) is 6.61 Å². The molecule has 21 heavy (non-hydrogen) atoms. The highest BCUT2D eigenvalue weighted by atomic mass is 32.1. The SMILES string of the molecule is CCCCCCCCC(=O)NCc1sccc1C#CCO. The van der Waals surface area contributed by atoms with E-state index >= 15 is 0 Å². The molecule has 3 nitrogen and oxygen atoms in total. The Morgan fingerprint density at radius 3 is 2.81 bits per heavy atom. The van der Waals surface area contributed by atoms with Gasteiger partial charge in [0.15, 0.2) is 0 Å². The van der Waals surface area contributed by atoms with E-state index in [2.05, 4.69) is 24.1 Å². The lowest BCUT2D eigenvalue weighted by Crippen LogP contribution is -2.22. The number of aliphatic hydroxyl groups is 1. The van der Waals surface area contributed by atoms with E-state index in [1.54, 1.807) is 11.3 Å². The number of thiophene rings is 1. The number of carbonyl (C=O) groups is 1. The zero-order valence-corrected chi connectivity index (χ0v) is 13.6. The number of carbonyl (C=O) groups excluding carboxylic acids is 1. The molecule has 0 aromatic carbocycles. The molecule has 2 N–H and O–H groups in total. The molecule has 1 heterocycles. The molecule has 0 aliphatic heterocycles. The van der Waals surface area contributed by atoms with E-state index in [0.717, 1.165) is 23.3 Å². The lowest BCUT2D eigenvalue weighted by molar-refractivity contribution is -0.121. The first-order valence-electron chi connectivity index (χ1n) is 7.70. The van der Waals surface area contributed by atoms with E-state index in [-0.39, 0.29) is 12.5 Å². The highest BCUT2D eigenvalue weighted by Gasteiger charge is 2.05. The summed E-state index contributed by atoms with van der Waals surface area (Å²) in [6, 6.07) is 1.92. The van der Waals surface area contributed by atoms with E-state index in [0.29, 0.717) is 13.0 Å². The van der Waals surface area contributed by atoms with Crippen LogP contribution in [0, 0.1) is 11.8 Å². The molecule has 0 aliphatic rings. The fraction of sp³-hybridized carbons (Fsp3) is 0.588. The smallest absolute Gasteiger partial charge is 0.220 e. The molecule has 1 aromatic rings. The molecule has 0 saturated heterocycles. The summed E-state index contributed by atoms with van der Waals surface area (Å²) in [5.74, 6) is 5.65. The summed E-state index contributed by atoms with van der Waals surface area (Å²) in [6.07, 6.45) is 7.77.